The monoisotopic (exact) mass is 435 g/mol. The van der Waals surface area contributed by atoms with Crippen molar-refractivity contribution in [3.8, 4) is 5.75 Å². The Labute approximate surface area is 190 Å². The number of ether oxygens (including phenoxy) is 1. The fourth-order valence-corrected chi connectivity index (χ4v) is 4.61. The van der Waals surface area contributed by atoms with Crippen LogP contribution in [0, 0.1) is 5.92 Å². The number of carbonyl (C=O) groups excluding carboxylic acids is 2. The molecule has 0 saturated carbocycles. The van der Waals surface area contributed by atoms with Crippen molar-refractivity contribution in [1.29, 1.82) is 0 Å². The van der Waals surface area contributed by atoms with Crippen molar-refractivity contribution in [2.24, 2.45) is 5.92 Å². The van der Waals surface area contributed by atoms with Crippen molar-refractivity contribution in [2.45, 2.75) is 39.0 Å². The number of benzene rings is 2. The molecule has 2 aromatic rings. The third-order valence-corrected chi connectivity index (χ3v) is 6.60. The SMILES string of the molecule is COc1ccccc1C(=O)Nc1ccc(N2CCCCC2)c(C(=O)N2CCC(C)CC2)c1. The topological polar surface area (TPSA) is 61.9 Å². The summed E-state index contributed by atoms with van der Waals surface area (Å²) < 4.78 is 5.32. The Balaban J connectivity index is 1.62. The minimum atomic E-state index is -0.252. The number of nitrogens with zero attached hydrogens (tertiary/aromatic N) is 2. The first-order valence-electron chi connectivity index (χ1n) is 11.7. The summed E-state index contributed by atoms with van der Waals surface area (Å²) in [6.45, 7) is 5.75. The molecule has 0 bridgehead atoms. The minimum Gasteiger partial charge on any atom is -0.496 e. The van der Waals surface area contributed by atoms with Crippen molar-refractivity contribution < 1.29 is 14.3 Å². The van der Waals surface area contributed by atoms with E-state index in [9.17, 15) is 9.59 Å². The van der Waals surface area contributed by atoms with Crippen LogP contribution in [-0.2, 0) is 0 Å². The van der Waals surface area contributed by atoms with Crippen LogP contribution in [0.15, 0.2) is 42.5 Å². The normalized spacial score (nSPS) is 17.2. The lowest BCUT2D eigenvalue weighted by Gasteiger charge is -2.34. The Hall–Kier alpha value is -3.02. The molecular formula is C26H33N3O3. The number of likely N-dealkylation sites (tertiary alicyclic amines) is 1. The molecule has 2 heterocycles. The van der Waals surface area contributed by atoms with Crippen LogP contribution in [0.2, 0.25) is 0 Å². The van der Waals surface area contributed by atoms with Crippen LogP contribution in [0.5, 0.6) is 5.75 Å². The Kier molecular flexibility index (Phi) is 6.98. The van der Waals surface area contributed by atoms with E-state index in [1.165, 1.54) is 6.42 Å². The van der Waals surface area contributed by atoms with E-state index < -0.39 is 0 Å². The highest BCUT2D eigenvalue weighted by Gasteiger charge is 2.26. The van der Waals surface area contributed by atoms with Crippen LogP contribution in [0.25, 0.3) is 0 Å². The molecule has 2 aromatic carbocycles. The fourth-order valence-electron chi connectivity index (χ4n) is 4.61. The van der Waals surface area contributed by atoms with E-state index in [1.54, 1.807) is 19.2 Å². The summed E-state index contributed by atoms with van der Waals surface area (Å²) in [5, 5.41) is 2.96. The van der Waals surface area contributed by atoms with Crippen LogP contribution in [0.3, 0.4) is 0 Å². The van der Waals surface area contributed by atoms with Gasteiger partial charge in [-0.15, -0.1) is 0 Å². The van der Waals surface area contributed by atoms with Crippen molar-refractivity contribution in [3.05, 3.63) is 53.6 Å². The molecule has 32 heavy (non-hydrogen) atoms. The molecule has 2 fully saturated rings. The number of methoxy groups -OCH3 is 1. The van der Waals surface area contributed by atoms with Gasteiger partial charge in [0.1, 0.15) is 5.75 Å². The molecule has 4 rings (SSSR count). The van der Waals surface area contributed by atoms with Gasteiger partial charge in [-0.05, 0) is 68.4 Å². The molecule has 0 aromatic heterocycles. The van der Waals surface area contributed by atoms with Gasteiger partial charge in [-0.2, -0.15) is 0 Å². The molecule has 2 aliphatic rings. The second kappa shape index (κ2) is 10.1. The minimum absolute atomic E-state index is 0.0610. The van der Waals surface area contributed by atoms with E-state index in [0.29, 0.717) is 28.5 Å². The van der Waals surface area contributed by atoms with Gasteiger partial charge in [-0.3, -0.25) is 9.59 Å². The lowest BCUT2D eigenvalue weighted by atomic mass is 9.98. The average Bonchev–Trinajstić information content (AvgIpc) is 2.84. The number of piperidine rings is 2. The second-order valence-corrected chi connectivity index (χ2v) is 8.91. The molecule has 2 aliphatic heterocycles. The third kappa shape index (κ3) is 4.90. The van der Waals surface area contributed by atoms with E-state index in [1.807, 2.05) is 35.2 Å². The predicted octanol–water partition coefficient (Wildman–Crippen LogP) is 4.81. The summed E-state index contributed by atoms with van der Waals surface area (Å²) in [5.41, 5.74) is 2.74. The molecule has 6 heteroatoms. The highest BCUT2D eigenvalue weighted by molar-refractivity contribution is 6.07. The largest absolute Gasteiger partial charge is 0.496 e. The van der Waals surface area contributed by atoms with E-state index >= 15 is 0 Å². The average molecular weight is 436 g/mol. The summed E-state index contributed by atoms with van der Waals surface area (Å²) in [5.74, 6) is 0.991. The summed E-state index contributed by atoms with van der Waals surface area (Å²) in [7, 11) is 1.55. The number of para-hydroxylation sites is 1. The van der Waals surface area contributed by atoms with Gasteiger partial charge >= 0.3 is 0 Å². The van der Waals surface area contributed by atoms with Crippen LogP contribution >= 0.6 is 0 Å². The number of anilines is 2. The summed E-state index contributed by atoms with van der Waals surface area (Å²) in [6.07, 6.45) is 5.59. The van der Waals surface area contributed by atoms with Gasteiger partial charge in [0.25, 0.3) is 11.8 Å². The first kappa shape index (κ1) is 22.2. The zero-order chi connectivity index (χ0) is 22.5. The highest BCUT2D eigenvalue weighted by Crippen LogP contribution is 2.30. The van der Waals surface area contributed by atoms with E-state index in [2.05, 4.69) is 17.1 Å². The molecule has 0 aliphatic carbocycles. The second-order valence-electron chi connectivity index (χ2n) is 8.91. The third-order valence-electron chi connectivity index (χ3n) is 6.60. The molecule has 2 amide bonds. The molecule has 6 nitrogen and oxygen atoms in total. The quantitative estimate of drug-likeness (QED) is 0.732. The lowest BCUT2D eigenvalue weighted by molar-refractivity contribution is 0.0697. The smallest absolute Gasteiger partial charge is 0.259 e. The predicted molar refractivity (Wildman–Crippen MR) is 128 cm³/mol. The molecular weight excluding hydrogens is 402 g/mol. The molecule has 0 spiro atoms. The maximum Gasteiger partial charge on any atom is 0.259 e. The first-order chi connectivity index (χ1) is 15.6. The molecule has 0 radical (unpaired) electrons. The van der Waals surface area contributed by atoms with E-state index in [0.717, 1.165) is 57.5 Å². The van der Waals surface area contributed by atoms with Crippen LogP contribution < -0.4 is 15.0 Å². The molecule has 170 valence electrons. The van der Waals surface area contributed by atoms with Gasteiger partial charge < -0.3 is 19.9 Å². The van der Waals surface area contributed by atoms with Gasteiger partial charge in [0.05, 0.1) is 18.2 Å². The number of nitrogens with one attached hydrogen (secondary N) is 1. The maximum absolute atomic E-state index is 13.5. The maximum atomic E-state index is 13.5. The zero-order valence-corrected chi connectivity index (χ0v) is 19.1. The fraction of sp³-hybridized carbons (Fsp3) is 0.462. The van der Waals surface area contributed by atoms with Crippen molar-refractivity contribution in [3.63, 3.8) is 0 Å². The number of amides is 2. The zero-order valence-electron chi connectivity index (χ0n) is 19.1. The first-order valence-corrected chi connectivity index (χ1v) is 11.7. The van der Waals surface area contributed by atoms with Gasteiger partial charge in [0.2, 0.25) is 0 Å². The van der Waals surface area contributed by atoms with Gasteiger partial charge in [0, 0.05) is 37.6 Å². The Morgan fingerprint density at radius 2 is 1.66 bits per heavy atom. The van der Waals surface area contributed by atoms with E-state index in [-0.39, 0.29) is 11.8 Å². The molecule has 0 unspecified atom stereocenters. The highest BCUT2D eigenvalue weighted by atomic mass is 16.5. The molecule has 1 N–H and O–H groups in total. The standard InChI is InChI=1S/C26H33N3O3/c1-19-12-16-29(17-13-19)26(31)22-18-20(10-11-23(22)28-14-6-3-7-15-28)27-25(30)21-8-4-5-9-24(21)32-2/h4-5,8-11,18-19H,3,6-7,12-17H2,1-2H3,(H,27,30). The molecule has 0 atom stereocenters. The van der Waals surface area contributed by atoms with Crippen molar-refractivity contribution in [1.82, 2.24) is 4.90 Å². The van der Waals surface area contributed by atoms with Crippen LogP contribution in [0.4, 0.5) is 11.4 Å². The summed E-state index contributed by atoms with van der Waals surface area (Å²) in [4.78, 5) is 30.7. The molecule has 2 saturated heterocycles. The lowest BCUT2D eigenvalue weighted by Crippen LogP contribution is -2.39. The van der Waals surface area contributed by atoms with Crippen LogP contribution in [-0.4, -0.2) is 50.0 Å². The number of hydrogen-bond donors (Lipinski definition) is 1. The van der Waals surface area contributed by atoms with Gasteiger partial charge in [-0.25, -0.2) is 0 Å². The van der Waals surface area contributed by atoms with Crippen molar-refractivity contribution >= 4 is 23.2 Å². The van der Waals surface area contributed by atoms with Crippen LogP contribution in [0.1, 0.15) is 59.7 Å². The van der Waals surface area contributed by atoms with Gasteiger partial charge in [-0.1, -0.05) is 19.1 Å². The Morgan fingerprint density at radius 1 is 0.938 bits per heavy atom. The van der Waals surface area contributed by atoms with E-state index in [4.69, 9.17) is 4.74 Å². The number of rotatable bonds is 5. The number of carbonyl (C=O) groups is 2. The Bertz CT molecular complexity index is 961. The van der Waals surface area contributed by atoms with Crippen molar-refractivity contribution in [2.75, 3.05) is 43.5 Å². The summed E-state index contributed by atoms with van der Waals surface area (Å²) in [6, 6.07) is 12.9. The van der Waals surface area contributed by atoms with Gasteiger partial charge in [0.15, 0.2) is 0 Å². The summed E-state index contributed by atoms with van der Waals surface area (Å²) >= 11 is 0. The number of hydrogen-bond acceptors (Lipinski definition) is 4. The Morgan fingerprint density at radius 3 is 2.38 bits per heavy atom.